The maximum absolute atomic E-state index is 10.4. The topological polar surface area (TPSA) is 96.9 Å². The van der Waals surface area contributed by atoms with Crippen LogP contribution >= 0.6 is 23.8 Å². The Labute approximate surface area is 113 Å². The molecule has 0 heterocycles. The lowest BCUT2D eigenvalue weighted by Gasteiger charge is -2.07. The van der Waals surface area contributed by atoms with Crippen LogP contribution in [0.15, 0.2) is 23.3 Å². The van der Waals surface area contributed by atoms with E-state index in [4.69, 9.17) is 27.2 Å². The number of ether oxygens (including phenoxy) is 1. The molecule has 0 amide bonds. The van der Waals surface area contributed by atoms with Crippen molar-refractivity contribution >= 4 is 41.1 Å². The van der Waals surface area contributed by atoms with E-state index in [1.165, 1.54) is 6.21 Å². The number of nitrogens with zero attached hydrogens (tertiary/aromatic N) is 1. The molecule has 0 aliphatic rings. The standard InChI is InChI=1S/C10H10ClN3O3S/c11-7-1-2-8(17-5-9(15)16)6(3-7)4-13-14-10(12)18/h1-4H,5H2,(H,15,16)(H3,12,14,18). The van der Waals surface area contributed by atoms with Crippen LogP contribution in [0.3, 0.4) is 0 Å². The number of carboxylic acid groups (broad SMARTS) is 1. The molecule has 1 aromatic rings. The van der Waals surface area contributed by atoms with E-state index in [0.717, 1.165) is 0 Å². The highest BCUT2D eigenvalue weighted by atomic mass is 35.5. The van der Waals surface area contributed by atoms with Crippen molar-refractivity contribution in [2.75, 3.05) is 6.61 Å². The van der Waals surface area contributed by atoms with Crippen LogP contribution in [-0.2, 0) is 4.79 Å². The Morgan fingerprint density at radius 1 is 1.67 bits per heavy atom. The number of rotatable bonds is 5. The minimum absolute atomic E-state index is 0.0151. The average Bonchev–Trinajstić information content (AvgIpc) is 2.27. The number of nitrogens with two attached hydrogens (primary N) is 1. The predicted octanol–water partition coefficient (Wildman–Crippen LogP) is 0.971. The van der Waals surface area contributed by atoms with E-state index in [-0.39, 0.29) is 5.11 Å². The fraction of sp³-hybridized carbons (Fsp3) is 0.100. The largest absolute Gasteiger partial charge is 0.481 e. The fourth-order valence-electron chi connectivity index (χ4n) is 1.06. The van der Waals surface area contributed by atoms with Crippen LogP contribution in [-0.4, -0.2) is 29.0 Å². The van der Waals surface area contributed by atoms with Crippen molar-refractivity contribution in [1.82, 2.24) is 5.43 Å². The van der Waals surface area contributed by atoms with E-state index < -0.39 is 12.6 Å². The lowest BCUT2D eigenvalue weighted by molar-refractivity contribution is -0.139. The second-order valence-electron chi connectivity index (χ2n) is 3.10. The van der Waals surface area contributed by atoms with Gasteiger partial charge in [0.1, 0.15) is 5.75 Å². The molecule has 0 radical (unpaired) electrons. The third kappa shape index (κ3) is 4.98. The summed E-state index contributed by atoms with van der Waals surface area (Å²) in [6.07, 6.45) is 1.38. The van der Waals surface area contributed by atoms with E-state index in [0.29, 0.717) is 16.3 Å². The van der Waals surface area contributed by atoms with Gasteiger partial charge in [-0.15, -0.1) is 0 Å². The molecule has 0 aliphatic heterocycles. The highest BCUT2D eigenvalue weighted by molar-refractivity contribution is 7.80. The third-order valence-corrected chi connectivity index (χ3v) is 2.03. The number of hydrazone groups is 1. The van der Waals surface area contributed by atoms with Gasteiger partial charge in [0, 0.05) is 10.6 Å². The summed E-state index contributed by atoms with van der Waals surface area (Å²) in [4.78, 5) is 10.4. The molecular weight excluding hydrogens is 278 g/mol. The number of carboxylic acids is 1. The molecule has 0 aromatic heterocycles. The number of hydrogen-bond acceptors (Lipinski definition) is 4. The number of thiocarbonyl (C=S) groups is 1. The molecule has 4 N–H and O–H groups in total. The van der Waals surface area contributed by atoms with Gasteiger partial charge < -0.3 is 15.6 Å². The minimum atomic E-state index is -1.07. The first kappa shape index (κ1) is 14.2. The Hall–Kier alpha value is -1.86. The molecule has 0 spiro atoms. The second-order valence-corrected chi connectivity index (χ2v) is 3.98. The van der Waals surface area contributed by atoms with Gasteiger partial charge in [0.05, 0.1) is 6.21 Å². The van der Waals surface area contributed by atoms with Gasteiger partial charge in [-0.1, -0.05) is 11.6 Å². The van der Waals surface area contributed by atoms with Crippen molar-refractivity contribution in [1.29, 1.82) is 0 Å². The summed E-state index contributed by atoms with van der Waals surface area (Å²) in [5, 5.41) is 12.8. The Morgan fingerprint density at radius 3 is 3.00 bits per heavy atom. The van der Waals surface area contributed by atoms with E-state index in [1.807, 2.05) is 0 Å². The Balaban J connectivity index is 2.85. The van der Waals surface area contributed by atoms with Crippen molar-refractivity contribution in [2.24, 2.45) is 10.8 Å². The molecule has 0 saturated heterocycles. The number of benzene rings is 1. The van der Waals surface area contributed by atoms with E-state index in [2.05, 4.69) is 22.7 Å². The Morgan fingerprint density at radius 2 is 2.39 bits per heavy atom. The summed E-state index contributed by atoms with van der Waals surface area (Å²) < 4.78 is 5.07. The van der Waals surface area contributed by atoms with E-state index in [9.17, 15) is 4.79 Å². The fourth-order valence-corrected chi connectivity index (χ4v) is 1.29. The molecule has 18 heavy (non-hydrogen) atoms. The molecule has 1 aromatic carbocycles. The number of carbonyl (C=O) groups is 1. The van der Waals surface area contributed by atoms with Gasteiger partial charge in [-0.05, 0) is 30.4 Å². The quantitative estimate of drug-likeness (QED) is 0.424. The van der Waals surface area contributed by atoms with Crippen molar-refractivity contribution in [3.8, 4) is 5.75 Å². The molecule has 8 heteroatoms. The monoisotopic (exact) mass is 287 g/mol. The molecule has 0 aliphatic carbocycles. The Bertz CT molecular complexity index is 493. The molecule has 0 unspecified atom stereocenters. The summed E-state index contributed by atoms with van der Waals surface area (Å²) in [5.41, 5.74) is 8.07. The maximum atomic E-state index is 10.4. The normalized spacial score (nSPS) is 10.3. The first-order valence-corrected chi connectivity index (χ1v) is 5.50. The van der Waals surface area contributed by atoms with Gasteiger partial charge >= 0.3 is 5.97 Å². The van der Waals surface area contributed by atoms with E-state index in [1.54, 1.807) is 18.2 Å². The minimum Gasteiger partial charge on any atom is -0.481 e. The van der Waals surface area contributed by atoms with Crippen molar-refractivity contribution in [3.63, 3.8) is 0 Å². The van der Waals surface area contributed by atoms with E-state index >= 15 is 0 Å². The SMILES string of the molecule is NC(=S)NN=Cc1cc(Cl)ccc1OCC(=O)O. The van der Waals surface area contributed by atoms with Crippen LogP contribution in [0.1, 0.15) is 5.56 Å². The number of hydrogen-bond donors (Lipinski definition) is 3. The number of halogens is 1. The first-order chi connectivity index (χ1) is 8.49. The summed E-state index contributed by atoms with van der Waals surface area (Å²) >= 11 is 10.4. The highest BCUT2D eigenvalue weighted by Crippen LogP contribution is 2.21. The van der Waals surface area contributed by atoms with Crippen LogP contribution in [0.25, 0.3) is 0 Å². The van der Waals surface area contributed by atoms with Crippen LogP contribution < -0.4 is 15.9 Å². The molecule has 0 fully saturated rings. The highest BCUT2D eigenvalue weighted by Gasteiger charge is 2.05. The second kappa shape index (κ2) is 6.77. The molecule has 0 bridgehead atoms. The van der Waals surface area contributed by atoms with Crippen LogP contribution in [0.2, 0.25) is 5.02 Å². The summed E-state index contributed by atoms with van der Waals surface area (Å²) in [5.74, 6) is -0.732. The lowest BCUT2D eigenvalue weighted by Crippen LogP contribution is -2.24. The number of aliphatic carboxylic acids is 1. The van der Waals surface area contributed by atoms with Crippen LogP contribution in [0.4, 0.5) is 0 Å². The zero-order chi connectivity index (χ0) is 13.5. The lowest BCUT2D eigenvalue weighted by atomic mass is 10.2. The van der Waals surface area contributed by atoms with Gasteiger partial charge in [-0.2, -0.15) is 5.10 Å². The zero-order valence-corrected chi connectivity index (χ0v) is 10.7. The summed E-state index contributed by atoms with van der Waals surface area (Å²) in [6, 6.07) is 4.70. The first-order valence-electron chi connectivity index (χ1n) is 4.71. The smallest absolute Gasteiger partial charge is 0.341 e. The van der Waals surface area contributed by atoms with Gasteiger partial charge in [0.25, 0.3) is 0 Å². The zero-order valence-electron chi connectivity index (χ0n) is 9.09. The van der Waals surface area contributed by atoms with Crippen LogP contribution in [0.5, 0.6) is 5.75 Å². The molecule has 6 nitrogen and oxygen atoms in total. The summed E-state index contributed by atoms with van der Waals surface area (Å²) in [7, 11) is 0. The average molecular weight is 288 g/mol. The molecule has 96 valence electrons. The van der Waals surface area contributed by atoms with Crippen LogP contribution in [0, 0.1) is 0 Å². The van der Waals surface area contributed by atoms with Crippen molar-refractivity contribution in [3.05, 3.63) is 28.8 Å². The predicted molar refractivity (Wildman–Crippen MR) is 72.1 cm³/mol. The van der Waals surface area contributed by atoms with Crippen molar-refractivity contribution in [2.45, 2.75) is 0 Å². The molecule has 0 atom stereocenters. The Kier molecular flexibility index (Phi) is 5.34. The third-order valence-electron chi connectivity index (χ3n) is 1.70. The molecule has 1 rings (SSSR count). The molecular formula is C10H10ClN3O3S. The molecule has 0 saturated carbocycles. The van der Waals surface area contributed by atoms with Gasteiger partial charge in [-0.25, -0.2) is 4.79 Å². The van der Waals surface area contributed by atoms with Gasteiger partial charge in [0.15, 0.2) is 11.7 Å². The maximum Gasteiger partial charge on any atom is 0.341 e. The summed E-state index contributed by atoms with van der Waals surface area (Å²) in [6.45, 7) is -0.453. The van der Waals surface area contributed by atoms with Gasteiger partial charge in [0.2, 0.25) is 0 Å². The van der Waals surface area contributed by atoms with Gasteiger partial charge in [-0.3, -0.25) is 5.43 Å². The number of nitrogens with one attached hydrogen (secondary N) is 1. The van der Waals surface area contributed by atoms with Crippen molar-refractivity contribution < 1.29 is 14.6 Å².